The molecule has 0 spiro atoms. The van der Waals surface area contributed by atoms with Gasteiger partial charge in [0.2, 0.25) is 0 Å². The standard InChI is InChI=1S/C15H17N3O2/c1-20-14-6-4-12(5-7-14)8-10-17-15(19)18-13-3-2-9-16-11-13/h2-7,9,11H,8,10H2,1H3,(H2,17,18,19). The number of carbonyl (C=O) groups excluding carboxylic acids is 1. The zero-order valence-electron chi connectivity index (χ0n) is 11.3. The van der Waals surface area contributed by atoms with Crippen LogP contribution in [0.5, 0.6) is 5.75 Å². The van der Waals surface area contributed by atoms with Gasteiger partial charge in [-0.25, -0.2) is 4.79 Å². The first kappa shape index (κ1) is 13.9. The molecule has 5 heteroatoms. The van der Waals surface area contributed by atoms with Gasteiger partial charge in [0, 0.05) is 12.7 Å². The molecule has 5 nitrogen and oxygen atoms in total. The SMILES string of the molecule is COc1ccc(CCNC(=O)Nc2cccnc2)cc1. The van der Waals surface area contributed by atoms with Gasteiger partial charge in [0.1, 0.15) is 5.75 Å². The summed E-state index contributed by atoms with van der Waals surface area (Å²) in [5.74, 6) is 0.830. The molecule has 0 bridgehead atoms. The van der Waals surface area contributed by atoms with Gasteiger partial charge in [-0.3, -0.25) is 4.98 Å². The quantitative estimate of drug-likeness (QED) is 0.878. The second-order valence-electron chi connectivity index (χ2n) is 4.22. The number of hydrogen-bond acceptors (Lipinski definition) is 3. The number of rotatable bonds is 5. The minimum Gasteiger partial charge on any atom is -0.497 e. The molecule has 0 saturated carbocycles. The Morgan fingerprint density at radius 1 is 1.25 bits per heavy atom. The molecule has 2 amide bonds. The number of nitrogens with zero attached hydrogens (tertiary/aromatic N) is 1. The largest absolute Gasteiger partial charge is 0.497 e. The molecule has 20 heavy (non-hydrogen) atoms. The number of benzene rings is 1. The van der Waals surface area contributed by atoms with Crippen molar-refractivity contribution < 1.29 is 9.53 Å². The predicted octanol–water partition coefficient (Wildman–Crippen LogP) is 2.45. The zero-order chi connectivity index (χ0) is 14.2. The van der Waals surface area contributed by atoms with Crippen molar-refractivity contribution in [1.29, 1.82) is 0 Å². The van der Waals surface area contributed by atoms with Crippen molar-refractivity contribution in [3.8, 4) is 5.75 Å². The lowest BCUT2D eigenvalue weighted by molar-refractivity contribution is 0.252. The summed E-state index contributed by atoms with van der Waals surface area (Å²) in [5.41, 5.74) is 1.82. The second kappa shape index (κ2) is 7.13. The number of hydrogen-bond donors (Lipinski definition) is 2. The normalized spacial score (nSPS) is 9.85. The first-order valence-corrected chi connectivity index (χ1v) is 6.36. The van der Waals surface area contributed by atoms with Crippen molar-refractivity contribution >= 4 is 11.7 Å². The number of methoxy groups -OCH3 is 1. The number of amides is 2. The van der Waals surface area contributed by atoms with E-state index < -0.39 is 0 Å². The Kier molecular flexibility index (Phi) is 4.94. The summed E-state index contributed by atoms with van der Waals surface area (Å²) in [7, 11) is 1.64. The Morgan fingerprint density at radius 3 is 2.70 bits per heavy atom. The van der Waals surface area contributed by atoms with Gasteiger partial charge in [-0.15, -0.1) is 0 Å². The third-order valence-corrected chi connectivity index (χ3v) is 2.78. The van der Waals surface area contributed by atoms with E-state index in [1.165, 1.54) is 0 Å². The van der Waals surface area contributed by atoms with Gasteiger partial charge in [-0.2, -0.15) is 0 Å². The molecule has 2 N–H and O–H groups in total. The van der Waals surface area contributed by atoms with Crippen molar-refractivity contribution in [2.45, 2.75) is 6.42 Å². The van der Waals surface area contributed by atoms with Gasteiger partial charge in [0.25, 0.3) is 0 Å². The zero-order valence-corrected chi connectivity index (χ0v) is 11.3. The van der Waals surface area contributed by atoms with Crippen LogP contribution in [0.3, 0.4) is 0 Å². The van der Waals surface area contributed by atoms with Crippen LogP contribution < -0.4 is 15.4 Å². The lowest BCUT2D eigenvalue weighted by Crippen LogP contribution is -2.30. The molecular formula is C15H17N3O2. The molecule has 1 aromatic heterocycles. The molecule has 0 fully saturated rings. The van der Waals surface area contributed by atoms with E-state index in [2.05, 4.69) is 15.6 Å². The van der Waals surface area contributed by atoms with E-state index in [0.29, 0.717) is 12.2 Å². The van der Waals surface area contributed by atoms with Crippen LogP contribution in [0, 0.1) is 0 Å². The van der Waals surface area contributed by atoms with Crippen LogP contribution in [0.25, 0.3) is 0 Å². The molecule has 0 aliphatic carbocycles. The van der Waals surface area contributed by atoms with E-state index in [1.807, 2.05) is 24.3 Å². The fourth-order valence-corrected chi connectivity index (χ4v) is 1.72. The molecule has 0 aliphatic rings. The molecular weight excluding hydrogens is 254 g/mol. The number of nitrogens with one attached hydrogen (secondary N) is 2. The molecule has 0 unspecified atom stereocenters. The van der Waals surface area contributed by atoms with Crippen LogP contribution in [0.4, 0.5) is 10.5 Å². The van der Waals surface area contributed by atoms with Crippen LogP contribution in [0.15, 0.2) is 48.8 Å². The maximum atomic E-state index is 11.6. The molecule has 2 aromatic rings. The highest BCUT2D eigenvalue weighted by Crippen LogP contribution is 2.11. The Bertz CT molecular complexity index is 541. The van der Waals surface area contributed by atoms with Crippen LogP contribution in [0.2, 0.25) is 0 Å². The van der Waals surface area contributed by atoms with Crippen LogP contribution >= 0.6 is 0 Å². The maximum absolute atomic E-state index is 11.6. The molecule has 0 aliphatic heterocycles. The number of aromatic nitrogens is 1. The van der Waals surface area contributed by atoms with Gasteiger partial charge < -0.3 is 15.4 Å². The Balaban J connectivity index is 1.73. The first-order valence-electron chi connectivity index (χ1n) is 6.36. The third-order valence-electron chi connectivity index (χ3n) is 2.78. The Morgan fingerprint density at radius 2 is 2.05 bits per heavy atom. The van der Waals surface area contributed by atoms with E-state index in [4.69, 9.17) is 4.74 Å². The monoisotopic (exact) mass is 271 g/mol. The Hall–Kier alpha value is -2.56. The number of urea groups is 1. The van der Waals surface area contributed by atoms with Gasteiger partial charge in [-0.05, 0) is 36.2 Å². The summed E-state index contributed by atoms with van der Waals surface area (Å²) in [6, 6.07) is 11.1. The molecule has 1 heterocycles. The summed E-state index contributed by atoms with van der Waals surface area (Å²) in [6.45, 7) is 0.568. The highest BCUT2D eigenvalue weighted by molar-refractivity contribution is 5.88. The number of carbonyl (C=O) groups is 1. The molecule has 0 atom stereocenters. The number of anilines is 1. The average molecular weight is 271 g/mol. The molecule has 0 radical (unpaired) electrons. The Labute approximate surface area is 118 Å². The van der Waals surface area contributed by atoms with E-state index in [-0.39, 0.29) is 6.03 Å². The molecule has 0 saturated heterocycles. The average Bonchev–Trinajstić information content (AvgIpc) is 2.49. The number of ether oxygens (including phenoxy) is 1. The summed E-state index contributed by atoms with van der Waals surface area (Å²) in [5, 5.41) is 5.51. The van der Waals surface area contributed by atoms with Gasteiger partial charge in [0.15, 0.2) is 0 Å². The molecule has 1 aromatic carbocycles. The van der Waals surface area contributed by atoms with Gasteiger partial charge in [-0.1, -0.05) is 12.1 Å². The van der Waals surface area contributed by atoms with E-state index in [0.717, 1.165) is 17.7 Å². The van der Waals surface area contributed by atoms with Crippen LogP contribution in [-0.2, 0) is 6.42 Å². The lowest BCUT2D eigenvalue weighted by Gasteiger charge is -2.07. The second-order valence-corrected chi connectivity index (χ2v) is 4.22. The van der Waals surface area contributed by atoms with E-state index in [1.54, 1.807) is 31.6 Å². The fourth-order valence-electron chi connectivity index (χ4n) is 1.72. The van der Waals surface area contributed by atoms with Crippen molar-refractivity contribution in [1.82, 2.24) is 10.3 Å². The van der Waals surface area contributed by atoms with E-state index >= 15 is 0 Å². The minimum absolute atomic E-state index is 0.230. The third kappa shape index (κ3) is 4.28. The van der Waals surface area contributed by atoms with Crippen LogP contribution in [-0.4, -0.2) is 24.7 Å². The van der Waals surface area contributed by atoms with Crippen LogP contribution in [0.1, 0.15) is 5.56 Å². The highest BCUT2D eigenvalue weighted by atomic mass is 16.5. The van der Waals surface area contributed by atoms with Gasteiger partial charge >= 0.3 is 6.03 Å². The molecule has 2 rings (SSSR count). The van der Waals surface area contributed by atoms with Crippen molar-refractivity contribution in [2.75, 3.05) is 19.0 Å². The topological polar surface area (TPSA) is 63.2 Å². The summed E-state index contributed by atoms with van der Waals surface area (Å²) in [4.78, 5) is 15.6. The minimum atomic E-state index is -0.230. The fraction of sp³-hybridized carbons (Fsp3) is 0.200. The first-order chi connectivity index (χ1) is 9.78. The van der Waals surface area contributed by atoms with E-state index in [9.17, 15) is 4.79 Å². The van der Waals surface area contributed by atoms with Gasteiger partial charge in [0.05, 0.1) is 19.0 Å². The lowest BCUT2D eigenvalue weighted by atomic mass is 10.1. The van der Waals surface area contributed by atoms with Crippen molar-refractivity contribution in [3.05, 3.63) is 54.4 Å². The maximum Gasteiger partial charge on any atom is 0.319 e. The smallest absolute Gasteiger partial charge is 0.319 e. The highest BCUT2D eigenvalue weighted by Gasteiger charge is 2.01. The number of pyridine rings is 1. The summed E-state index contributed by atoms with van der Waals surface area (Å²) in [6.07, 6.45) is 4.03. The molecule has 104 valence electrons. The summed E-state index contributed by atoms with van der Waals surface area (Å²) >= 11 is 0. The van der Waals surface area contributed by atoms with Crippen molar-refractivity contribution in [2.24, 2.45) is 0 Å². The predicted molar refractivity (Wildman–Crippen MR) is 78.0 cm³/mol. The van der Waals surface area contributed by atoms with Crippen molar-refractivity contribution in [3.63, 3.8) is 0 Å². The summed E-state index contributed by atoms with van der Waals surface area (Å²) < 4.78 is 5.09.